The molecule has 8 nitrogen and oxygen atoms in total. The van der Waals surface area contributed by atoms with Gasteiger partial charge < -0.3 is 20.1 Å². The molecule has 0 aliphatic carbocycles. The van der Waals surface area contributed by atoms with Crippen LogP contribution in [-0.4, -0.2) is 41.7 Å². The molecule has 0 bridgehead atoms. The van der Waals surface area contributed by atoms with Crippen molar-refractivity contribution in [3.05, 3.63) is 107 Å². The van der Waals surface area contributed by atoms with Crippen molar-refractivity contribution in [2.45, 2.75) is 20.4 Å². The topological polar surface area (TPSA) is 123 Å². The maximum Gasteiger partial charge on any atom is 0.343 e. The number of halogens is 1. The van der Waals surface area contributed by atoms with Gasteiger partial charge in [-0.25, -0.2) is 4.79 Å². The molecule has 3 N–H and O–H groups in total. The third kappa shape index (κ3) is 8.60. The molecule has 0 radical (unpaired) electrons. The molecule has 9 heteroatoms. The number of hydrogen-bond donors (Lipinski definition) is 2. The van der Waals surface area contributed by atoms with Crippen LogP contribution < -0.4 is 10.5 Å². The van der Waals surface area contributed by atoms with E-state index in [9.17, 15) is 14.4 Å². The molecular weight excluding hydrogens is 506 g/mol. The molecule has 0 heterocycles. The van der Waals surface area contributed by atoms with Crippen LogP contribution in [-0.2, 0) is 20.9 Å². The molecule has 0 aliphatic heterocycles. The van der Waals surface area contributed by atoms with Gasteiger partial charge in [-0.15, -0.1) is 12.4 Å². The Morgan fingerprint density at radius 3 is 2.11 bits per heavy atom. The van der Waals surface area contributed by atoms with E-state index in [1.807, 2.05) is 30.3 Å². The van der Waals surface area contributed by atoms with Crippen LogP contribution in [0.3, 0.4) is 0 Å². The fourth-order valence-electron chi connectivity index (χ4n) is 3.51. The number of carbonyl (C=O) groups excluding carboxylic acids is 3. The minimum atomic E-state index is -0.539. The highest BCUT2D eigenvalue weighted by molar-refractivity contribution is 5.99. The van der Waals surface area contributed by atoms with Crippen molar-refractivity contribution in [2.75, 3.05) is 13.2 Å². The fraction of sp³-hybridized carbons (Fsp3) is 0.172. The number of amidine groups is 1. The first-order chi connectivity index (χ1) is 17.8. The van der Waals surface area contributed by atoms with Crippen molar-refractivity contribution in [1.82, 2.24) is 4.90 Å². The fourth-order valence-corrected chi connectivity index (χ4v) is 3.51. The lowest BCUT2D eigenvalue weighted by Gasteiger charge is -2.22. The molecule has 0 aliphatic rings. The number of nitrogens with one attached hydrogen (secondary N) is 1. The van der Waals surface area contributed by atoms with Gasteiger partial charge in [0.15, 0.2) is 0 Å². The molecule has 3 aromatic carbocycles. The number of benzene rings is 3. The van der Waals surface area contributed by atoms with Crippen LogP contribution in [0.15, 0.2) is 84.4 Å². The Labute approximate surface area is 228 Å². The van der Waals surface area contributed by atoms with Gasteiger partial charge in [0.1, 0.15) is 18.1 Å². The van der Waals surface area contributed by atoms with E-state index >= 15 is 0 Å². The average Bonchev–Trinajstić information content (AvgIpc) is 2.89. The molecule has 0 aromatic heterocycles. The highest BCUT2D eigenvalue weighted by atomic mass is 35.5. The summed E-state index contributed by atoms with van der Waals surface area (Å²) in [5.74, 6) is -1.05. The van der Waals surface area contributed by atoms with Crippen LogP contribution in [0.4, 0.5) is 0 Å². The van der Waals surface area contributed by atoms with Gasteiger partial charge in [0.2, 0.25) is 5.91 Å². The Balaban J connectivity index is 0.00000507. The summed E-state index contributed by atoms with van der Waals surface area (Å²) in [5.41, 5.74) is 8.34. The molecule has 38 heavy (non-hydrogen) atoms. The summed E-state index contributed by atoms with van der Waals surface area (Å²) in [4.78, 5) is 39.2. The van der Waals surface area contributed by atoms with Crippen molar-refractivity contribution in [1.29, 1.82) is 5.41 Å². The van der Waals surface area contributed by atoms with Crippen LogP contribution in [0.5, 0.6) is 5.75 Å². The minimum Gasteiger partial charge on any atom is -0.465 e. The Hall–Kier alpha value is -4.43. The molecule has 0 atom stereocenters. The number of nitrogen functional groups attached to an aromatic ring is 1. The average molecular weight is 536 g/mol. The second-order valence-corrected chi connectivity index (χ2v) is 8.23. The van der Waals surface area contributed by atoms with Gasteiger partial charge in [-0.2, -0.15) is 0 Å². The highest BCUT2D eigenvalue weighted by Crippen LogP contribution is 2.17. The van der Waals surface area contributed by atoms with Gasteiger partial charge in [-0.3, -0.25) is 15.0 Å². The highest BCUT2D eigenvalue weighted by Gasteiger charge is 2.20. The summed E-state index contributed by atoms with van der Waals surface area (Å²) in [6, 6.07) is 22.4. The summed E-state index contributed by atoms with van der Waals surface area (Å²) in [6.45, 7) is 3.74. The molecule has 0 spiro atoms. The Bertz CT molecular complexity index is 1290. The zero-order valence-corrected chi connectivity index (χ0v) is 22.0. The monoisotopic (exact) mass is 535 g/mol. The second-order valence-electron chi connectivity index (χ2n) is 8.23. The summed E-state index contributed by atoms with van der Waals surface area (Å²) >= 11 is 0. The first-order valence-electron chi connectivity index (χ1n) is 11.7. The maximum absolute atomic E-state index is 13.2. The lowest BCUT2D eigenvalue weighted by atomic mass is 10.1. The van der Waals surface area contributed by atoms with E-state index in [0.29, 0.717) is 28.0 Å². The molecule has 0 unspecified atom stereocenters. The number of ether oxygens (including phenoxy) is 2. The summed E-state index contributed by atoms with van der Waals surface area (Å²) in [7, 11) is 0. The molecule has 0 saturated carbocycles. The number of esters is 2. The van der Waals surface area contributed by atoms with Gasteiger partial charge in [0, 0.05) is 17.7 Å². The lowest BCUT2D eigenvalue weighted by Crippen LogP contribution is -2.36. The summed E-state index contributed by atoms with van der Waals surface area (Å²) in [5, 5.41) is 7.42. The first-order valence-corrected chi connectivity index (χ1v) is 11.7. The van der Waals surface area contributed by atoms with Crippen molar-refractivity contribution in [2.24, 2.45) is 5.73 Å². The van der Waals surface area contributed by atoms with E-state index in [2.05, 4.69) is 0 Å². The zero-order valence-electron chi connectivity index (χ0n) is 21.2. The Morgan fingerprint density at radius 1 is 0.921 bits per heavy atom. The number of nitrogens with zero attached hydrogens (tertiary/aromatic N) is 1. The molecule has 3 aromatic rings. The van der Waals surface area contributed by atoms with Crippen molar-refractivity contribution in [3.63, 3.8) is 0 Å². The molecule has 3 rings (SSSR count). The number of hydrogen-bond acceptors (Lipinski definition) is 6. The van der Waals surface area contributed by atoms with Crippen LogP contribution in [0, 0.1) is 5.41 Å². The van der Waals surface area contributed by atoms with Crippen LogP contribution in [0.25, 0.3) is 6.08 Å². The quantitative estimate of drug-likeness (QED) is 0.128. The molecule has 1 amide bonds. The molecule has 0 fully saturated rings. The Morgan fingerprint density at radius 2 is 1.53 bits per heavy atom. The van der Waals surface area contributed by atoms with Gasteiger partial charge in [-0.1, -0.05) is 42.5 Å². The molecular formula is C29H30ClN3O5. The largest absolute Gasteiger partial charge is 0.465 e. The summed E-state index contributed by atoms with van der Waals surface area (Å²) in [6.07, 6.45) is 1.70. The predicted octanol–water partition coefficient (Wildman–Crippen LogP) is 4.61. The number of amides is 1. The molecule has 198 valence electrons. The van der Waals surface area contributed by atoms with Gasteiger partial charge in [0.05, 0.1) is 12.2 Å². The third-order valence-corrected chi connectivity index (χ3v) is 5.37. The van der Waals surface area contributed by atoms with E-state index in [1.165, 1.54) is 4.90 Å². The van der Waals surface area contributed by atoms with Crippen LogP contribution >= 0.6 is 12.4 Å². The van der Waals surface area contributed by atoms with Crippen LogP contribution in [0.2, 0.25) is 0 Å². The summed E-state index contributed by atoms with van der Waals surface area (Å²) < 4.78 is 10.4. The SMILES string of the molecule is CCOC(=O)CN(Cc1ccccc1)C(=O)C(C)=Cc1ccc(C(=O)Oc2ccc(C(=N)N)cc2)cc1.Cl. The number of nitrogens with two attached hydrogens (primary N) is 1. The Kier molecular flexibility index (Phi) is 11.2. The van der Waals surface area contributed by atoms with Crippen molar-refractivity contribution in [3.8, 4) is 5.75 Å². The van der Waals surface area contributed by atoms with E-state index in [0.717, 1.165) is 5.56 Å². The lowest BCUT2D eigenvalue weighted by molar-refractivity contribution is -0.148. The van der Waals surface area contributed by atoms with E-state index in [-0.39, 0.29) is 43.8 Å². The first kappa shape index (κ1) is 29.8. The van der Waals surface area contributed by atoms with Crippen molar-refractivity contribution >= 4 is 42.2 Å². The van der Waals surface area contributed by atoms with Gasteiger partial charge >= 0.3 is 11.9 Å². The maximum atomic E-state index is 13.2. The molecule has 0 saturated heterocycles. The third-order valence-electron chi connectivity index (χ3n) is 5.37. The van der Waals surface area contributed by atoms with E-state index in [1.54, 1.807) is 68.5 Å². The van der Waals surface area contributed by atoms with E-state index < -0.39 is 11.9 Å². The number of rotatable bonds is 10. The normalized spacial score (nSPS) is 10.6. The smallest absolute Gasteiger partial charge is 0.343 e. The number of carbonyl (C=O) groups is 3. The van der Waals surface area contributed by atoms with Crippen molar-refractivity contribution < 1.29 is 23.9 Å². The van der Waals surface area contributed by atoms with Gasteiger partial charge in [0.25, 0.3) is 0 Å². The van der Waals surface area contributed by atoms with Crippen LogP contribution in [0.1, 0.15) is 40.9 Å². The minimum absolute atomic E-state index is 0. The predicted molar refractivity (Wildman–Crippen MR) is 148 cm³/mol. The zero-order chi connectivity index (χ0) is 26.8. The van der Waals surface area contributed by atoms with Gasteiger partial charge in [-0.05, 0) is 67.4 Å². The van der Waals surface area contributed by atoms with E-state index in [4.69, 9.17) is 20.6 Å². The standard InChI is InChI=1S/C29H29N3O5.ClH/c1-3-36-26(33)19-32(18-22-7-5-4-6-8-22)28(34)20(2)17-21-9-11-24(12-10-21)29(35)37-25-15-13-23(14-16-25)27(30)31;/h4-17H,3,18-19H2,1-2H3,(H3,30,31);1H. The second kappa shape index (κ2) is 14.3.